The molecule has 42 heavy (non-hydrogen) atoms. The van der Waals surface area contributed by atoms with Crippen LogP contribution in [0.5, 0.6) is 0 Å². The maximum atomic E-state index is 14.0. The number of aromatic nitrogens is 7. The Kier molecular flexibility index (Phi) is 7.84. The van der Waals surface area contributed by atoms with E-state index < -0.39 is 0 Å². The van der Waals surface area contributed by atoms with Gasteiger partial charge in [0.1, 0.15) is 17.8 Å². The van der Waals surface area contributed by atoms with Crippen LogP contribution in [0.15, 0.2) is 60.2 Å². The lowest BCUT2D eigenvalue weighted by Crippen LogP contribution is -2.28. The first kappa shape index (κ1) is 28.1. The lowest BCUT2D eigenvalue weighted by atomic mass is 9.98. The lowest BCUT2D eigenvalue weighted by molar-refractivity contribution is 0.411. The number of rotatable bonds is 9. The highest BCUT2D eigenvalue weighted by atomic mass is 32.2. The predicted molar refractivity (Wildman–Crippen MR) is 169 cm³/mol. The molecule has 1 N–H and O–H groups in total. The summed E-state index contributed by atoms with van der Waals surface area (Å²) >= 11 is 1.62. The second-order valence-corrected chi connectivity index (χ2v) is 11.9. The average Bonchev–Trinajstić information content (AvgIpc) is 3.72. The normalized spacial score (nSPS) is 15.7. The van der Waals surface area contributed by atoms with Crippen LogP contribution in [-0.2, 0) is 13.6 Å². The van der Waals surface area contributed by atoms with Gasteiger partial charge < -0.3 is 14.8 Å². The molecule has 218 valence electrons. The van der Waals surface area contributed by atoms with Gasteiger partial charge in [0.2, 0.25) is 5.95 Å². The number of nitrogens with one attached hydrogen (secondary N) is 1. The second kappa shape index (κ2) is 11.7. The van der Waals surface area contributed by atoms with Crippen molar-refractivity contribution < 1.29 is 0 Å². The van der Waals surface area contributed by atoms with Crippen LogP contribution < -0.4 is 10.9 Å². The molecule has 1 aromatic carbocycles. The van der Waals surface area contributed by atoms with Crippen LogP contribution in [0.25, 0.3) is 28.1 Å². The van der Waals surface area contributed by atoms with Crippen molar-refractivity contribution >= 4 is 34.6 Å². The second-order valence-electron chi connectivity index (χ2n) is 10.9. The zero-order valence-corrected chi connectivity index (χ0v) is 25.5. The minimum Gasteiger partial charge on any atom is -0.324 e. The Hall–Kier alpha value is -4.00. The molecule has 0 spiro atoms. The first-order chi connectivity index (χ1) is 20.3. The molecule has 0 aliphatic carbocycles. The number of aryl methyl sites for hydroxylation is 1. The van der Waals surface area contributed by atoms with Gasteiger partial charge in [-0.1, -0.05) is 24.1 Å². The van der Waals surface area contributed by atoms with E-state index >= 15 is 0 Å². The Balaban J connectivity index is 1.36. The number of nitrogens with zero attached hydrogens (tertiary/aromatic N) is 9. The Bertz CT molecular complexity index is 1770. The minimum absolute atomic E-state index is 0.133. The van der Waals surface area contributed by atoms with Gasteiger partial charge in [-0.3, -0.25) is 18.2 Å². The molecule has 1 fully saturated rings. The van der Waals surface area contributed by atoms with Gasteiger partial charge >= 0.3 is 0 Å². The van der Waals surface area contributed by atoms with E-state index in [1.165, 1.54) is 12.0 Å². The van der Waals surface area contributed by atoms with Gasteiger partial charge in [-0.2, -0.15) is 4.98 Å². The van der Waals surface area contributed by atoms with E-state index in [1.807, 2.05) is 42.5 Å². The molecule has 11 nitrogen and oxygen atoms in total. The topological polar surface area (TPSA) is 102 Å². The predicted octanol–water partition coefficient (Wildman–Crippen LogP) is 4.06. The largest absolute Gasteiger partial charge is 0.324 e. The van der Waals surface area contributed by atoms with Gasteiger partial charge in [-0.05, 0) is 69.9 Å². The first-order valence-corrected chi connectivity index (χ1v) is 15.2. The number of imidazole rings is 2. The van der Waals surface area contributed by atoms with E-state index in [-0.39, 0.29) is 5.56 Å². The quantitative estimate of drug-likeness (QED) is 0.257. The Morgan fingerprint density at radius 2 is 1.93 bits per heavy atom. The summed E-state index contributed by atoms with van der Waals surface area (Å²) in [6.45, 7) is 5.34. The van der Waals surface area contributed by atoms with Gasteiger partial charge in [0.05, 0.1) is 23.8 Å². The van der Waals surface area contributed by atoms with Gasteiger partial charge in [-0.25, -0.2) is 15.0 Å². The summed E-state index contributed by atoms with van der Waals surface area (Å²) < 4.78 is 7.69. The molecule has 5 heterocycles. The number of benzene rings is 1. The summed E-state index contributed by atoms with van der Waals surface area (Å²) in [4.78, 5) is 34.7. The van der Waals surface area contributed by atoms with Crippen molar-refractivity contribution in [3.8, 4) is 17.1 Å². The lowest BCUT2D eigenvalue weighted by Gasteiger charge is -2.17. The molecule has 4 aromatic heterocycles. The summed E-state index contributed by atoms with van der Waals surface area (Å²) in [5.74, 6) is 1.89. The summed E-state index contributed by atoms with van der Waals surface area (Å²) in [7, 11) is 6.11. The van der Waals surface area contributed by atoms with Crippen LogP contribution in [0.1, 0.15) is 23.6 Å². The monoisotopic (exact) mass is 584 g/mol. The zero-order valence-electron chi connectivity index (χ0n) is 24.7. The van der Waals surface area contributed by atoms with E-state index in [1.54, 1.807) is 41.6 Å². The Morgan fingerprint density at radius 1 is 1.12 bits per heavy atom. The van der Waals surface area contributed by atoms with E-state index in [2.05, 4.69) is 60.8 Å². The van der Waals surface area contributed by atoms with Gasteiger partial charge in [0, 0.05) is 49.6 Å². The van der Waals surface area contributed by atoms with E-state index in [0.717, 1.165) is 35.7 Å². The number of likely N-dealkylation sites (N-methyl/N-ethyl adjacent to an activating group) is 2. The molecule has 12 heteroatoms. The van der Waals surface area contributed by atoms with Crippen LogP contribution in [-0.4, -0.2) is 82.8 Å². The van der Waals surface area contributed by atoms with Crippen molar-refractivity contribution in [2.75, 3.05) is 45.3 Å². The number of hydrogen-bond donors (Lipinski definition) is 1. The summed E-state index contributed by atoms with van der Waals surface area (Å²) in [5, 5.41) is 4.11. The third-order valence-electron chi connectivity index (χ3n) is 8.11. The van der Waals surface area contributed by atoms with Crippen molar-refractivity contribution in [3.05, 3.63) is 77.0 Å². The SMILES string of the molecule is CSN(C)CCn1c(=O)c(-c2ncn(-c3cncn3C)c2C)cc2cnc(Nc3ccc(C4CCN(C)C4)cc3)nc21. The summed E-state index contributed by atoms with van der Waals surface area (Å²) in [6.07, 6.45) is 10.2. The Labute approximate surface area is 249 Å². The Morgan fingerprint density at radius 3 is 2.62 bits per heavy atom. The van der Waals surface area contributed by atoms with Gasteiger partial charge in [-0.15, -0.1) is 0 Å². The third kappa shape index (κ3) is 5.44. The van der Waals surface area contributed by atoms with Gasteiger partial charge in [0.25, 0.3) is 5.56 Å². The fourth-order valence-corrected chi connectivity index (χ4v) is 5.85. The van der Waals surface area contributed by atoms with Crippen LogP contribution in [0.2, 0.25) is 0 Å². The van der Waals surface area contributed by atoms with Crippen LogP contribution in [0.4, 0.5) is 11.6 Å². The van der Waals surface area contributed by atoms with Crippen molar-refractivity contribution in [1.29, 1.82) is 0 Å². The third-order valence-corrected chi connectivity index (χ3v) is 8.91. The van der Waals surface area contributed by atoms with Crippen LogP contribution >= 0.6 is 11.9 Å². The molecule has 1 atom stereocenters. The number of likely N-dealkylation sites (tertiary alicyclic amines) is 1. The number of anilines is 2. The highest BCUT2D eigenvalue weighted by Gasteiger charge is 2.21. The van der Waals surface area contributed by atoms with E-state index in [0.29, 0.717) is 41.9 Å². The molecule has 1 aliphatic heterocycles. The molecule has 5 aromatic rings. The molecule has 0 amide bonds. The molecule has 0 bridgehead atoms. The molecular weight excluding hydrogens is 548 g/mol. The molecule has 1 aliphatic rings. The van der Waals surface area contributed by atoms with Crippen molar-refractivity contribution in [2.24, 2.45) is 7.05 Å². The molecule has 0 saturated carbocycles. The van der Waals surface area contributed by atoms with Crippen LogP contribution in [0.3, 0.4) is 0 Å². The molecule has 6 rings (SSSR count). The van der Waals surface area contributed by atoms with E-state index in [9.17, 15) is 4.79 Å². The molecule has 1 saturated heterocycles. The maximum absolute atomic E-state index is 14.0. The zero-order chi connectivity index (χ0) is 29.4. The molecular formula is C30H36N10OS. The number of fused-ring (bicyclic) bond motifs is 1. The van der Waals surface area contributed by atoms with Crippen molar-refractivity contribution in [3.63, 3.8) is 0 Å². The highest BCUT2D eigenvalue weighted by Crippen LogP contribution is 2.28. The highest BCUT2D eigenvalue weighted by molar-refractivity contribution is 7.96. The first-order valence-electron chi connectivity index (χ1n) is 14.0. The fourth-order valence-electron chi connectivity index (χ4n) is 5.59. The average molecular weight is 585 g/mol. The standard InChI is InChI=1S/C30H36N10OS/c1-20-27(33-19-40(20)26-16-31-18-37(26)3)25-14-23-15-32-30(35-28(23)39(29(25)41)13-12-38(4)42-5)34-24-8-6-21(7-9-24)22-10-11-36(2)17-22/h6-9,14-16,18-19,22H,10-13,17H2,1-5H3,(H,32,34,35). The minimum atomic E-state index is -0.133. The maximum Gasteiger partial charge on any atom is 0.261 e. The van der Waals surface area contributed by atoms with Crippen molar-refractivity contribution in [2.45, 2.75) is 25.8 Å². The summed E-state index contributed by atoms with van der Waals surface area (Å²) in [5.41, 5.74) is 4.72. The molecule has 1 unspecified atom stereocenters. The fraction of sp³-hybridized carbons (Fsp3) is 0.367. The van der Waals surface area contributed by atoms with Crippen molar-refractivity contribution in [1.82, 2.24) is 42.8 Å². The summed E-state index contributed by atoms with van der Waals surface area (Å²) in [6, 6.07) is 10.4. The smallest absolute Gasteiger partial charge is 0.261 e. The van der Waals surface area contributed by atoms with Crippen LogP contribution in [0, 0.1) is 6.92 Å². The number of hydrogen-bond acceptors (Lipinski definition) is 9. The van der Waals surface area contributed by atoms with E-state index in [4.69, 9.17) is 4.98 Å². The van der Waals surface area contributed by atoms with Gasteiger partial charge in [0.15, 0.2) is 0 Å². The number of pyridine rings is 1. The molecule has 0 radical (unpaired) electrons.